The Labute approximate surface area is 138 Å². The second kappa shape index (κ2) is 6.21. The molecule has 2 aromatic carbocycles. The Bertz CT molecular complexity index is 889. The number of nitro groups is 1. The molecule has 1 aliphatic heterocycles. The lowest BCUT2D eigenvalue weighted by Gasteiger charge is -2.10. The molecule has 24 heavy (non-hydrogen) atoms. The van der Waals surface area contributed by atoms with Crippen LogP contribution in [0, 0.1) is 17.0 Å². The lowest BCUT2D eigenvalue weighted by molar-refractivity contribution is -0.385. The summed E-state index contributed by atoms with van der Waals surface area (Å²) in [5, 5.41) is 11.1. The van der Waals surface area contributed by atoms with E-state index in [0.29, 0.717) is 12.2 Å². The summed E-state index contributed by atoms with van der Waals surface area (Å²) in [6.45, 7) is 2.47. The highest BCUT2D eigenvalue weighted by Crippen LogP contribution is 2.31. The Morgan fingerprint density at radius 1 is 1.29 bits per heavy atom. The summed E-state index contributed by atoms with van der Waals surface area (Å²) in [6.07, 6.45) is -0.0410. The second-order valence-corrected chi connectivity index (χ2v) is 7.37. The second-order valence-electron chi connectivity index (χ2n) is 5.46. The van der Waals surface area contributed by atoms with Gasteiger partial charge in [0.05, 0.1) is 27.4 Å². The van der Waals surface area contributed by atoms with Crippen LogP contribution in [-0.4, -0.2) is 32.7 Å². The van der Waals surface area contributed by atoms with Crippen molar-refractivity contribution in [1.82, 2.24) is 0 Å². The fourth-order valence-electron chi connectivity index (χ4n) is 2.24. The quantitative estimate of drug-likeness (QED) is 0.451. The number of hydrogen-bond donors (Lipinski definition) is 0. The van der Waals surface area contributed by atoms with Crippen molar-refractivity contribution in [3.05, 3.63) is 58.1 Å². The maximum atomic E-state index is 12.8. The van der Waals surface area contributed by atoms with Crippen molar-refractivity contribution < 1.29 is 22.8 Å². The highest BCUT2D eigenvalue weighted by molar-refractivity contribution is 7.91. The Hall–Kier alpha value is -2.45. The molecule has 1 fully saturated rings. The molecule has 7 nitrogen and oxygen atoms in total. The summed E-state index contributed by atoms with van der Waals surface area (Å²) in [7, 11) is -3.89. The number of nitro benzene ring substituents is 1. The standard InChI is InChI=1S/C16H15NO6S/c1-11-4-2-3-5-16(11)24(20,21)15-7-12(17(18)19)6-13(8-15)22-9-14-10-23-14/h2-8,14H,9-10H2,1H3. The van der Waals surface area contributed by atoms with Crippen LogP contribution in [0.1, 0.15) is 5.56 Å². The molecule has 8 heteroatoms. The molecule has 0 amide bonds. The van der Waals surface area contributed by atoms with E-state index in [1.54, 1.807) is 25.1 Å². The van der Waals surface area contributed by atoms with Gasteiger partial charge in [0.25, 0.3) is 5.69 Å². The number of sulfone groups is 1. The zero-order chi connectivity index (χ0) is 17.3. The van der Waals surface area contributed by atoms with Crippen molar-refractivity contribution in [2.75, 3.05) is 13.2 Å². The zero-order valence-corrected chi connectivity index (χ0v) is 13.7. The van der Waals surface area contributed by atoms with E-state index in [0.717, 1.165) is 6.07 Å². The van der Waals surface area contributed by atoms with Gasteiger partial charge in [0.1, 0.15) is 18.5 Å². The van der Waals surface area contributed by atoms with E-state index in [1.807, 2.05) is 0 Å². The summed E-state index contributed by atoms with van der Waals surface area (Å²) >= 11 is 0. The predicted octanol–water partition coefficient (Wildman–Crippen LogP) is 2.51. The van der Waals surface area contributed by atoms with Crippen LogP contribution in [0.5, 0.6) is 5.75 Å². The molecule has 0 saturated carbocycles. The van der Waals surface area contributed by atoms with E-state index in [2.05, 4.69) is 0 Å². The van der Waals surface area contributed by atoms with Crippen LogP contribution in [-0.2, 0) is 14.6 Å². The maximum Gasteiger partial charge on any atom is 0.274 e. The first kappa shape index (κ1) is 16.4. The first-order chi connectivity index (χ1) is 11.4. The van der Waals surface area contributed by atoms with E-state index >= 15 is 0 Å². The minimum Gasteiger partial charge on any atom is -0.490 e. The maximum absolute atomic E-state index is 12.8. The summed E-state index contributed by atoms with van der Waals surface area (Å²) in [5.41, 5.74) is 0.231. The Balaban J connectivity index is 2.04. The summed E-state index contributed by atoms with van der Waals surface area (Å²) in [6, 6.07) is 10.0. The largest absolute Gasteiger partial charge is 0.490 e. The molecule has 1 atom stereocenters. The molecule has 3 rings (SSSR count). The number of aryl methyl sites for hydroxylation is 1. The van der Waals surface area contributed by atoms with Crippen LogP contribution in [0.4, 0.5) is 5.69 Å². The molecular formula is C16H15NO6S. The highest BCUT2D eigenvalue weighted by atomic mass is 32.2. The van der Waals surface area contributed by atoms with Crippen LogP contribution < -0.4 is 4.74 Å². The van der Waals surface area contributed by atoms with Gasteiger partial charge >= 0.3 is 0 Å². The first-order valence-electron chi connectivity index (χ1n) is 7.22. The predicted molar refractivity (Wildman–Crippen MR) is 85.0 cm³/mol. The topological polar surface area (TPSA) is 99.0 Å². The molecule has 0 N–H and O–H groups in total. The third-order valence-corrected chi connectivity index (χ3v) is 5.50. The Kier molecular flexibility index (Phi) is 4.25. The van der Waals surface area contributed by atoms with Gasteiger partial charge in [0, 0.05) is 6.07 Å². The Morgan fingerprint density at radius 3 is 2.62 bits per heavy atom. The van der Waals surface area contributed by atoms with Crippen molar-refractivity contribution in [3.8, 4) is 5.75 Å². The van der Waals surface area contributed by atoms with Crippen LogP contribution in [0.25, 0.3) is 0 Å². The van der Waals surface area contributed by atoms with Gasteiger partial charge in [-0.05, 0) is 24.6 Å². The van der Waals surface area contributed by atoms with Crippen molar-refractivity contribution in [3.63, 3.8) is 0 Å². The number of hydrogen-bond acceptors (Lipinski definition) is 6. The molecule has 0 radical (unpaired) electrons. The molecule has 0 spiro atoms. The Morgan fingerprint density at radius 2 is 2.00 bits per heavy atom. The van der Waals surface area contributed by atoms with Gasteiger partial charge in [0.2, 0.25) is 9.84 Å². The average molecular weight is 349 g/mol. The summed E-state index contributed by atoms with van der Waals surface area (Å²) < 4.78 is 36.1. The molecule has 1 unspecified atom stereocenters. The molecule has 1 heterocycles. The summed E-state index contributed by atoms with van der Waals surface area (Å²) in [5.74, 6) is 0.131. The number of ether oxygens (including phenoxy) is 2. The van der Waals surface area contributed by atoms with E-state index in [9.17, 15) is 18.5 Å². The molecule has 0 aliphatic carbocycles. The first-order valence-corrected chi connectivity index (χ1v) is 8.71. The normalized spacial score (nSPS) is 16.6. The lowest BCUT2D eigenvalue weighted by atomic mass is 10.2. The molecule has 1 saturated heterocycles. The van der Waals surface area contributed by atoms with Crippen LogP contribution in [0.15, 0.2) is 52.3 Å². The molecule has 1 aliphatic rings. The SMILES string of the molecule is Cc1ccccc1S(=O)(=O)c1cc(OCC2CO2)cc([N+](=O)[O-])c1. The van der Waals surface area contributed by atoms with Gasteiger partial charge in [0.15, 0.2) is 0 Å². The molecular weight excluding hydrogens is 334 g/mol. The molecule has 126 valence electrons. The molecule has 2 aromatic rings. The third kappa shape index (κ3) is 3.39. The van der Waals surface area contributed by atoms with Gasteiger partial charge < -0.3 is 9.47 Å². The number of benzene rings is 2. The van der Waals surface area contributed by atoms with Gasteiger partial charge in [-0.3, -0.25) is 10.1 Å². The number of non-ortho nitro benzene ring substituents is 1. The highest BCUT2D eigenvalue weighted by Gasteiger charge is 2.26. The number of nitrogens with zero attached hydrogens (tertiary/aromatic N) is 1. The monoisotopic (exact) mass is 349 g/mol. The minimum absolute atomic E-state index is 0.0410. The van der Waals surface area contributed by atoms with E-state index in [1.165, 1.54) is 18.2 Å². The van der Waals surface area contributed by atoms with E-state index < -0.39 is 14.8 Å². The van der Waals surface area contributed by atoms with Crippen molar-refractivity contribution in [2.45, 2.75) is 22.8 Å². The number of rotatable bonds is 6. The van der Waals surface area contributed by atoms with Crippen LogP contribution in [0.3, 0.4) is 0 Å². The van der Waals surface area contributed by atoms with E-state index in [4.69, 9.17) is 9.47 Å². The molecule has 0 aromatic heterocycles. The minimum atomic E-state index is -3.89. The van der Waals surface area contributed by atoms with Crippen molar-refractivity contribution in [1.29, 1.82) is 0 Å². The lowest BCUT2D eigenvalue weighted by Crippen LogP contribution is -2.08. The van der Waals surface area contributed by atoms with Gasteiger partial charge in [-0.15, -0.1) is 0 Å². The van der Waals surface area contributed by atoms with Gasteiger partial charge in [-0.1, -0.05) is 18.2 Å². The fourth-order valence-corrected chi connectivity index (χ4v) is 3.79. The smallest absolute Gasteiger partial charge is 0.274 e. The van der Waals surface area contributed by atoms with Gasteiger partial charge in [-0.2, -0.15) is 0 Å². The molecule has 0 bridgehead atoms. The zero-order valence-electron chi connectivity index (χ0n) is 12.8. The fraction of sp³-hybridized carbons (Fsp3) is 0.250. The van der Waals surface area contributed by atoms with Crippen molar-refractivity contribution >= 4 is 15.5 Å². The summed E-state index contributed by atoms with van der Waals surface area (Å²) in [4.78, 5) is 10.4. The van der Waals surface area contributed by atoms with Crippen LogP contribution >= 0.6 is 0 Å². The third-order valence-electron chi connectivity index (χ3n) is 3.61. The van der Waals surface area contributed by atoms with Crippen LogP contribution in [0.2, 0.25) is 0 Å². The number of epoxide rings is 1. The van der Waals surface area contributed by atoms with Crippen molar-refractivity contribution in [2.24, 2.45) is 0 Å². The average Bonchev–Trinajstić information content (AvgIpc) is 3.37. The van der Waals surface area contributed by atoms with E-state index in [-0.39, 0.29) is 33.9 Å². The van der Waals surface area contributed by atoms with Gasteiger partial charge in [-0.25, -0.2) is 8.42 Å².